The molecule has 2 amide bonds. The minimum absolute atomic E-state index is 0.0474. The van der Waals surface area contributed by atoms with Crippen LogP contribution in [0.25, 0.3) is 5.69 Å². The number of nitrogens with zero attached hydrogens (tertiary/aromatic N) is 5. The van der Waals surface area contributed by atoms with Gasteiger partial charge >= 0.3 is 6.09 Å². The van der Waals surface area contributed by atoms with Crippen LogP contribution < -0.4 is 5.32 Å². The van der Waals surface area contributed by atoms with Crippen molar-refractivity contribution in [2.24, 2.45) is 0 Å². The largest absolute Gasteiger partial charge is 0.444 e. The number of nitrogens with one attached hydrogen (secondary N) is 1. The fourth-order valence-electron chi connectivity index (χ4n) is 5.71. The van der Waals surface area contributed by atoms with Gasteiger partial charge in [-0.15, -0.1) is 5.10 Å². The van der Waals surface area contributed by atoms with E-state index in [-0.39, 0.29) is 24.0 Å². The number of benzene rings is 2. The molecule has 2 aliphatic rings. The quantitative estimate of drug-likeness (QED) is 0.341. The van der Waals surface area contributed by atoms with E-state index in [1.165, 1.54) is 0 Å². The Morgan fingerprint density at radius 3 is 2.51 bits per heavy atom. The van der Waals surface area contributed by atoms with Crippen molar-refractivity contribution < 1.29 is 14.3 Å². The zero-order valence-corrected chi connectivity index (χ0v) is 26.8. The molecular weight excluding hydrogens is 587 g/mol. The Bertz CT molecular complexity index is 1460. The highest BCUT2D eigenvalue weighted by Crippen LogP contribution is 2.28. The van der Waals surface area contributed by atoms with Crippen molar-refractivity contribution in [2.75, 3.05) is 26.2 Å². The molecule has 0 bridgehead atoms. The predicted molar refractivity (Wildman–Crippen MR) is 168 cm³/mol. The molecule has 9 nitrogen and oxygen atoms in total. The molecule has 2 aromatic carbocycles. The van der Waals surface area contributed by atoms with Crippen molar-refractivity contribution in [3.05, 3.63) is 75.0 Å². The molecule has 230 valence electrons. The topological polar surface area (TPSA) is 92.6 Å². The first-order valence-electron chi connectivity index (χ1n) is 14.9. The molecule has 2 saturated heterocycles. The lowest BCUT2D eigenvalue weighted by molar-refractivity contribution is 0.0197. The lowest BCUT2D eigenvalue weighted by Gasteiger charge is -2.33. The van der Waals surface area contributed by atoms with Crippen LogP contribution >= 0.6 is 23.2 Å². The summed E-state index contributed by atoms with van der Waals surface area (Å²) >= 11 is 12.2. The minimum atomic E-state index is -0.543. The van der Waals surface area contributed by atoms with Crippen molar-refractivity contribution in [1.82, 2.24) is 30.1 Å². The monoisotopic (exact) mass is 626 g/mol. The second-order valence-corrected chi connectivity index (χ2v) is 13.5. The Morgan fingerprint density at radius 2 is 1.79 bits per heavy atom. The summed E-state index contributed by atoms with van der Waals surface area (Å²) in [6, 6.07) is 11.6. The molecule has 0 spiro atoms. The van der Waals surface area contributed by atoms with E-state index in [9.17, 15) is 9.59 Å². The van der Waals surface area contributed by atoms with Gasteiger partial charge < -0.3 is 15.0 Å². The summed E-state index contributed by atoms with van der Waals surface area (Å²) < 4.78 is 7.27. The number of rotatable bonds is 6. The number of carbonyl (C=O) groups excluding carboxylic acids is 2. The van der Waals surface area contributed by atoms with Gasteiger partial charge in [0.15, 0.2) is 0 Å². The van der Waals surface area contributed by atoms with Crippen LogP contribution in [0, 0.1) is 6.92 Å². The summed E-state index contributed by atoms with van der Waals surface area (Å²) in [5.41, 5.74) is 3.65. The molecule has 1 atom stereocenters. The van der Waals surface area contributed by atoms with Gasteiger partial charge in [-0.25, -0.2) is 9.48 Å². The molecule has 0 aliphatic carbocycles. The van der Waals surface area contributed by atoms with Gasteiger partial charge in [-0.05, 0) is 88.8 Å². The Morgan fingerprint density at radius 1 is 1.02 bits per heavy atom. The van der Waals surface area contributed by atoms with Gasteiger partial charge in [0.05, 0.1) is 33.2 Å². The van der Waals surface area contributed by atoms with Gasteiger partial charge in [0, 0.05) is 44.7 Å². The predicted octanol–water partition coefficient (Wildman–Crippen LogP) is 6.39. The van der Waals surface area contributed by atoms with Gasteiger partial charge in [0.2, 0.25) is 0 Å². The van der Waals surface area contributed by atoms with E-state index in [1.807, 2.05) is 70.3 Å². The van der Waals surface area contributed by atoms with Crippen LogP contribution in [0.2, 0.25) is 10.0 Å². The van der Waals surface area contributed by atoms with Gasteiger partial charge in [-0.2, -0.15) is 0 Å². The lowest BCUT2D eigenvalue weighted by atomic mass is 9.95. The maximum atomic E-state index is 13.5. The van der Waals surface area contributed by atoms with Gasteiger partial charge in [-0.1, -0.05) is 40.5 Å². The average molecular weight is 628 g/mol. The van der Waals surface area contributed by atoms with E-state index in [0.29, 0.717) is 34.4 Å². The fraction of sp³-hybridized carbons (Fsp3) is 0.500. The number of piperidine rings is 2. The molecule has 0 radical (unpaired) electrons. The van der Waals surface area contributed by atoms with Crippen LogP contribution in [0.4, 0.5) is 4.79 Å². The Balaban J connectivity index is 1.22. The molecule has 11 heteroatoms. The summed E-state index contributed by atoms with van der Waals surface area (Å²) in [6.45, 7) is 11.3. The van der Waals surface area contributed by atoms with E-state index < -0.39 is 5.60 Å². The van der Waals surface area contributed by atoms with E-state index in [2.05, 4.69) is 20.5 Å². The minimum Gasteiger partial charge on any atom is -0.444 e. The van der Waals surface area contributed by atoms with Gasteiger partial charge in [-0.3, -0.25) is 9.69 Å². The molecule has 5 rings (SSSR count). The summed E-state index contributed by atoms with van der Waals surface area (Å²) in [7, 11) is 0. The van der Waals surface area contributed by atoms with E-state index >= 15 is 0 Å². The number of halogens is 2. The molecule has 1 aromatic heterocycles. The molecule has 1 unspecified atom stereocenters. The molecule has 2 aliphatic heterocycles. The third kappa shape index (κ3) is 8.08. The smallest absolute Gasteiger partial charge is 0.410 e. The standard InChI is InChI=1S/C32H40Cl2N6O3/c1-21-7-9-25(30(41)35-24-11-14-38(15-12-24)18-22-8-10-26(33)27(34)17-22)29(16-21)40-20-28(36-37-40)23-6-5-13-39(19-23)31(42)43-32(2,3)4/h7-10,16-17,20,23-24H,5-6,11-15,18-19H2,1-4H3,(H,35,41). The average Bonchev–Trinajstić information content (AvgIpc) is 3.46. The number of hydrogen-bond donors (Lipinski definition) is 1. The zero-order chi connectivity index (χ0) is 30.7. The number of likely N-dealkylation sites (tertiary alicyclic amines) is 2. The van der Waals surface area contributed by atoms with Crippen molar-refractivity contribution in [1.29, 1.82) is 0 Å². The van der Waals surface area contributed by atoms with Crippen LogP contribution in [0.3, 0.4) is 0 Å². The third-order valence-electron chi connectivity index (χ3n) is 7.96. The van der Waals surface area contributed by atoms with Crippen LogP contribution in [0.1, 0.15) is 79.6 Å². The maximum absolute atomic E-state index is 13.5. The second kappa shape index (κ2) is 13.2. The Hall–Kier alpha value is -3.14. The first kappa shape index (κ1) is 31.3. The summed E-state index contributed by atoms with van der Waals surface area (Å²) in [6.07, 6.45) is 5.07. The van der Waals surface area contributed by atoms with E-state index in [4.69, 9.17) is 27.9 Å². The Labute approximate surface area is 263 Å². The second-order valence-electron chi connectivity index (χ2n) is 12.6. The molecule has 3 heterocycles. The number of aryl methyl sites for hydroxylation is 1. The highest BCUT2D eigenvalue weighted by Gasteiger charge is 2.30. The van der Waals surface area contributed by atoms with Crippen LogP contribution in [-0.2, 0) is 11.3 Å². The molecular formula is C32H40Cl2N6O3. The highest BCUT2D eigenvalue weighted by atomic mass is 35.5. The zero-order valence-electron chi connectivity index (χ0n) is 25.3. The normalized spacial score (nSPS) is 18.5. The number of carbonyl (C=O) groups is 2. The molecule has 43 heavy (non-hydrogen) atoms. The summed E-state index contributed by atoms with van der Waals surface area (Å²) in [5.74, 6) is -0.0741. The van der Waals surface area contributed by atoms with Crippen molar-refractivity contribution in [3.63, 3.8) is 0 Å². The van der Waals surface area contributed by atoms with E-state index in [1.54, 1.807) is 9.58 Å². The number of ether oxygens (including phenoxy) is 1. The van der Waals surface area contributed by atoms with Crippen molar-refractivity contribution >= 4 is 35.2 Å². The third-order valence-corrected chi connectivity index (χ3v) is 8.70. The van der Waals surface area contributed by atoms with Crippen molar-refractivity contribution in [2.45, 2.75) is 77.5 Å². The SMILES string of the molecule is Cc1ccc(C(=O)NC2CCN(Cc3ccc(Cl)c(Cl)c3)CC2)c(-n2cc(C3CCCN(C(=O)OC(C)(C)C)C3)nn2)c1. The van der Waals surface area contributed by atoms with Crippen LogP contribution in [0.15, 0.2) is 42.6 Å². The lowest BCUT2D eigenvalue weighted by Crippen LogP contribution is -2.44. The number of aromatic nitrogens is 3. The molecule has 0 saturated carbocycles. The number of hydrogen-bond acceptors (Lipinski definition) is 6. The molecule has 2 fully saturated rings. The van der Waals surface area contributed by atoms with Gasteiger partial charge in [0.25, 0.3) is 5.91 Å². The number of amides is 2. The van der Waals surface area contributed by atoms with Crippen molar-refractivity contribution in [3.8, 4) is 5.69 Å². The Kier molecular flexibility index (Phi) is 9.63. The van der Waals surface area contributed by atoms with Crippen LogP contribution in [0.5, 0.6) is 0 Å². The first-order chi connectivity index (χ1) is 20.4. The van der Waals surface area contributed by atoms with E-state index in [0.717, 1.165) is 62.1 Å². The highest BCUT2D eigenvalue weighted by molar-refractivity contribution is 6.42. The fourth-order valence-corrected chi connectivity index (χ4v) is 6.03. The molecule has 1 N–H and O–H groups in total. The first-order valence-corrected chi connectivity index (χ1v) is 15.7. The van der Waals surface area contributed by atoms with Crippen LogP contribution in [-0.4, -0.2) is 74.6 Å². The van der Waals surface area contributed by atoms with Gasteiger partial charge in [0.1, 0.15) is 5.60 Å². The summed E-state index contributed by atoms with van der Waals surface area (Å²) in [4.78, 5) is 30.3. The maximum Gasteiger partial charge on any atom is 0.410 e. The molecule has 3 aromatic rings. The summed E-state index contributed by atoms with van der Waals surface area (Å²) in [5, 5.41) is 13.2.